The van der Waals surface area contributed by atoms with Crippen LogP contribution in [0.25, 0.3) is 11.1 Å². The predicted molar refractivity (Wildman–Crippen MR) is 138 cm³/mol. The van der Waals surface area contributed by atoms with Gasteiger partial charge < -0.3 is 18.9 Å². The lowest BCUT2D eigenvalue weighted by Gasteiger charge is -2.19. The number of halogens is 1. The lowest BCUT2D eigenvalue weighted by molar-refractivity contribution is -0.143. The maximum atomic E-state index is 15.2. The Labute approximate surface area is 220 Å². The molecule has 0 spiro atoms. The molecule has 0 bridgehead atoms. The van der Waals surface area contributed by atoms with E-state index in [2.05, 4.69) is 19.7 Å². The maximum Gasteiger partial charge on any atom is 0.338 e. The zero-order valence-corrected chi connectivity index (χ0v) is 22.2. The number of carbonyl (C=O) groups excluding carboxylic acids is 4. The molecule has 0 radical (unpaired) electrons. The second-order valence-electron chi connectivity index (χ2n) is 9.60. The average Bonchev–Trinajstić information content (AvgIpc) is 2.80. The molecule has 8 nitrogen and oxygen atoms in total. The SMILES string of the molecule is C=C(C)C(=O)Oc1ccc(-c2cc(F)c(OC(=O)C(=C)C)c(OC(=O)C(C)(C)C)c2)cc1OC(=O)C(=C)C. The Morgan fingerprint density at radius 1 is 0.658 bits per heavy atom. The van der Waals surface area contributed by atoms with Crippen LogP contribution in [0.2, 0.25) is 0 Å². The minimum atomic E-state index is -1.01. The zero-order chi connectivity index (χ0) is 28.9. The number of benzene rings is 2. The first-order chi connectivity index (χ1) is 17.5. The third kappa shape index (κ3) is 7.49. The largest absolute Gasteiger partial charge is 0.422 e. The zero-order valence-electron chi connectivity index (χ0n) is 22.2. The monoisotopic (exact) mass is 524 g/mol. The fourth-order valence-corrected chi connectivity index (χ4v) is 2.57. The molecule has 0 aliphatic carbocycles. The van der Waals surface area contributed by atoms with Gasteiger partial charge in [0.1, 0.15) is 0 Å². The Morgan fingerprint density at radius 3 is 1.63 bits per heavy atom. The molecule has 0 heterocycles. The summed E-state index contributed by atoms with van der Waals surface area (Å²) in [4.78, 5) is 48.9. The van der Waals surface area contributed by atoms with E-state index >= 15 is 4.39 Å². The van der Waals surface area contributed by atoms with Gasteiger partial charge in [-0.2, -0.15) is 0 Å². The summed E-state index contributed by atoms with van der Waals surface area (Å²) in [6, 6.07) is 6.45. The van der Waals surface area contributed by atoms with Crippen LogP contribution in [0.5, 0.6) is 23.0 Å². The first-order valence-corrected chi connectivity index (χ1v) is 11.3. The van der Waals surface area contributed by atoms with Crippen molar-refractivity contribution in [1.29, 1.82) is 0 Å². The van der Waals surface area contributed by atoms with E-state index in [-0.39, 0.29) is 45.1 Å². The first-order valence-electron chi connectivity index (χ1n) is 11.3. The molecular weight excluding hydrogens is 495 g/mol. The van der Waals surface area contributed by atoms with Gasteiger partial charge in [-0.1, -0.05) is 25.8 Å². The molecule has 0 saturated carbocycles. The van der Waals surface area contributed by atoms with Crippen LogP contribution in [0.15, 0.2) is 66.8 Å². The van der Waals surface area contributed by atoms with Crippen molar-refractivity contribution in [3.05, 3.63) is 72.6 Å². The van der Waals surface area contributed by atoms with Crippen LogP contribution in [0.1, 0.15) is 41.5 Å². The van der Waals surface area contributed by atoms with E-state index in [9.17, 15) is 19.2 Å². The highest BCUT2D eigenvalue weighted by molar-refractivity contribution is 5.92. The third-order valence-electron chi connectivity index (χ3n) is 4.75. The Bertz CT molecular complexity index is 1360. The molecule has 0 aliphatic rings. The Kier molecular flexibility index (Phi) is 9.13. The van der Waals surface area contributed by atoms with Gasteiger partial charge in [-0.15, -0.1) is 0 Å². The number of carbonyl (C=O) groups is 4. The van der Waals surface area contributed by atoms with Gasteiger partial charge in [0.15, 0.2) is 23.1 Å². The van der Waals surface area contributed by atoms with E-state index in [0.717, 1.165) is 6.07 Å². The minimum absolute atomic E-state index is 0.00504. The molecule has 0 unspecified atom stereocenters. The summed E-state index contributed by atoms with van der Waals surface area (Å²) in [5.41, 5.74) is -0.308. The van der Waals surface area contributed by atoms with Crippen LogP contribution < -0.4 is 18.9 Å². The van der Waals surface area contributed by atoms with E-state index in [1.807, 2.05) is 0 Å². The minimum Gasteiger partial charge on any atom is -0.422 e. The summed E-state index contributed by atoms with van der Waals surface area (Å²) in [5.74, 6) is -5.37. The van der Waals surface area contributed by atoms with Crippen molar-refractivity contribution in [2.75, 3.05) is 0 Å². The standard InChI is InChI=1S/C29H29FO8/c1-15(2)25(31)35-21-11-10-18(13-22(21)36-26(32)16(3)4)19-12-20(30)24(38-27(33)17(5)6)23(14-19)37-28(34)29(7,8)9/h10-14H,1,3,5H2,2,4,6-9H3. The van der Waals surface area contributed by atoms with Crippen molar-refractivity contribution in [3.8, 4) is 34.1 Å². The number of hydrogen-bond acceptors (Lipinski definition) is 8. The molecule has 2 aromatic rings. The summed E-state index contributed by atoms with van der Waals surface area (Å²) in [6.07, 6.45) is 0. The lowest BCUT2D eigenvalue weighted by atomic mass is 9.97. The summed E-state index contributed by atoms with van der Waals surface area (Å²) in [7, 11) is 0. The molecule has 2 aromatic carbocycles. The highest BCUT2D eigenvalue weighted by Crippen LogP contribution is 2.40. The number of ether oxygens (including phenoxy) is 4. The normalized spacial score (nSPS) is 10.7. The molecule has 38 heavy (non-hydrogen) atoms. The lowest BCUT2D eigenvalue weighted by Crippen LogP contribution is -2.26. The van der Waals surface area contributed by atoms with Crippen LogP contribution in [0.4, 0.5) is 4.39 Å². The number of hydrogen-bond donors (Lipinski definition) is 0. The van der Waals surface area contributed by atoms with E-state index in [1.165, 1.54) is 45.0 Å². The van der Waals surface area contributed by atoms with Crippen molar-refractivity contribution in [3.63, 3.8) is 0 Å². The topological polar surface area (TPSA) is 105 Å². The van der Waals surface area contributed by atoms with Crippen molar-refractivity contribution in [2.24, 2.45) is 5.41 Å². The number of esters is 4. The van der Waals surface area contributed by atoms with E-state index in [1.54, 1.807) is 20.8 Å². The highest BCUT2D eigenvalue weighted by Gasteiger charge is 2.28. The molecule has 2 rings (SSSR count). The van der Waals surface area contributed by atoms with Gasteiger partial charge in [0.05, 0.1) is 5.41 Å². The maximum absolute atomic E-state index is 15.2. The molecule has 200 valence electrons. The van der Waals surface area contributed by atoms with Gasteiger partial charge in [0.25, 0.3) is 0 Å². The fraction of sp³-hybridized carbons (Fsp3) is 0.241. The van der Waals surface area contributed by atoms with Crippen LogP contribution in [0, 0.1) is 11.2 Å². The van der Waals surface area contributed by atoms with Crippen LogP contribution in [-0.2, 0) is 19.2 Å². The predicted octanol–water partition coefficient (Wildman–Crippen LogP) is 5.89. The smallest absolute Gasteiger partial charge is 0.338 e. The quantitative estimate of drug-likeness (QED) is 0.239. The van der Waals surface area contributed by atoms with E-state index < -0.39 is 40.9 Å². The summed E-state index contributed by atoms with van der Waals surface area (Å²) < 4.78 is 36.3. The number of rotatable bonds is 8. The molecule has 0 N–H and O–H groups in total. The fourth-order valence-electron chi connectivity index (χ4n) is 2.57. The first kappa shape index (κ1) is 29.7. The van der Waals surface area contributed by atoms with Crippen LogP contribution >= 0.6 is 0 Å². The van der Waals surface area contributed by atoms with Gasteiger partial charge >= 0.3 is 23.9 Å². The van der Waals surface area contributed by atoms with Gasteiger partial charge in [-0.3, -0.25) is 4.79 Å². The Hall–Kier alpha value is -4.53. The van der Waals surface area contributed by atoms with Crippen LogP contribution in [-0.4, -0.2) is 23.9 Å². The van der Waals surface area contributed by atoms with Crippen LogP contribution in [0.3, 0.4) is 0 Å². The summed E-state index contributed by atoms with van der Waals surface area (Å²) >= 11 is 0. The molecule has 0 atom stereocenters. The Morgan fingerprint density at radius 2 is 1.13 bits per heavy atom. The van der Waals surface area contributed by atoms with E-state index in [4.69, 9.17) is 18.9 Å². The molecule has 0 aromatic heterocycles. The molecule has 9 heteroatoms. The van der Waals surface area contributed by atoms with Gasteiger partial charge in [0.2, 0.25) is 5.75 Å². The molecule has 0 fully saturated rings. The molecular formula is C29H29FO8. The average molecular weight is 525 g/mol. The van der Waals surface area contributed by atoms with Crippen molar-refractivity contribution >= 4 is 23.9 Å². The summed E-state index contributed by atoms with van der Waals surface area (Å²) in [6.45, 7) is 19.6. The summed E-state index contributed by atoms with van der Waals surface area (Å²) in [5, 5.41) is 0. The second kappa shape index (κ2) is 11.7. The van der Waals surface area contributed by atoms with Gasteiger partial charge in [-0.25, -0.2) is 18.8 Å². The van der Waals surface area contributed by atoms with Crippen molar-refractivity contribution < 1.29 is 42.5 Å². The third-order valence-corrected chi connectivity index (χ3v) is 4.75. The van der Waals surface area contributed by atoms with Gasteiger partial charge in [-0.05, 0) is 76.9 Å². The Balaban J connectivity index is 2.68. The molecule has 0 amide bonds. The van der Waals surface area contributed by atoms with E-state index in [0.29, 0.717) is 0 Å². The second-order valence-corrected chi connectivity index (χ2v) is 9.60. The van der Waals surface area contributed by atoms with Crippen molar-refractivity contribution in [2.45, 2.75) is 41.5 Å². The molecule has 0 saturated heterocycles. The van der Waals surface area contributed by atoms with Gasteiger partial charge in [0, 0.05) is 16.7 Å². The van der Waals surface area contributed by atoms with Crippen molar-refractivity contribution in [1.82, 2.24) is 0 Å². The highest BCUT2D eigenvalue weighted by atomic mass is 19.1. The molecule has 0 aliphatic heterocycles.